The van der Waals surface area contributed by atoms with E-state index in [1.165, 1.54) is 16.2 Å². The minimum atomic E-state index is -0.928. The third kappa shape index (κ3) is 5.04. The number of hydrogen-bond donors (Lipinski definition) is 0. The zero-order valence-corrected chi connectivity index (χ0v) is 21.5. The van der Waals surface area contributed by atoms with Crippen molar-refractivity contribution in [3.63, 3.8) is 0 Å². The molecule has 0 radical (unpaired) electrons. The summed E-state index contributed by atoms with van der Waals surface area (Å²) in [5.74, 6) is -0.180. The number of hydrogen-bond acceptors (Lipinski definition) is 7. The van der Waals surface area contributed by atoms with Crippen molar-refractivity contribution in [1.82, 2.24) is 9.88 Å². The molecule has 1 atom stereocenters. The molecule has 0 saturated carbocycles. The second-order valence-corrected chi connectivity index (χ2v) is 10.1. The third-order valence-corrected chi connectivity index (χ3v) is 7.36. The molecule has 0 bridgehead atoms. The molecule has 3 aromatic carbocycles. The Balaban J connectivity index is 1.22. The van der Waals surface area contributed by atoms with Crippen molar-refractivity contribution in [3.05, 3.63) is 101 Å². The van der Waals surface area contributed by atoms with Crippen LogP contribution in [0, 0.1) is 0 Å². The number of thiophene rings is 1. The molecule has 5 aromatic rings. The lowest BCUT2D eigenvalue weighted by molar-refractivity contribution is -0.140. The number of imide groups is 1. The number of carbonyl (C=O) groups excluding carboxylic acids is 3. The molecule has 0 spiro atoms. The molecule has 0 aliphatic carbocycles. The van der Waals surface area contributed by atoms with E-state index in [2.05, 4.69) is 4.98 Å². The summed E-state index contributed by atoms with van der Waals surface area (Å²) in [7, 11) is 0. The van der Waals surface area contributed by atoms with E-state index in [-0.39, 0.29) is 31.4 Å². The normalized spacial score (nSPS) is 15.2. The van der Waals surface area contributed by atoms with Crippen LogP contribution in [0.5, 0.6) is 5.75 Å². The van der Waals surface area contributed by atoms with Crippen LogP contribution in [0.25, 0.3) is 22.6 Å². The van der Waals surface area contributed by atoms with Crippen LogP contribution < -0.4 is 9.64 Å². The van der Waals surface area contributed by atoms with Gasteiger partial charge in [0.05, 0.1) is 18.7 Å². The van der Waals surface area contributed by atoms with Gasteiger partial charge in [-0.25, -0.2) is 9.88 Å². The van der Waals surface area contributed by atoms with Crippen LogP contribution in [-0.4, -0.2) is 40.3 Å². The van der Waals surface area contributed by atoms with Crippen LogP contribution in [0.3, 0.4) is 0 Å². The molecule has 6 rings (SSSR count). The van der Waals surface area contributed by atoms with E-state index in [0.717, 1.165) is 20.9 Å². The van der Waals surface area contributed by atoms with Gasteiger partial charge in [0, 0.05) is 10.4 Å². The van der Waals surface area contributed by atoms with Gasteiger partial charge >= 0.3 is 0 Å². The first-order chi connectivity index (χ1) is 19.1. The summed E-state index contributed by atoms with van der Waals surface area (Å²) in [6, 6.07) is 26.2. The molecule has 1 saturated heterocycles. The second-order valence-electron chi connectivity index (χ2n) is 9.02. The topological polar surface area (TPSA) is 93.0 Å². The molecule has 9 heteroatoms. The average molecular weight is 538 g/mol. The molecule has 1 aliphatic heterocycles. The summed E-state index contributed by atoms with van der Waals surface area (Å²) in [5, 5.41) is 1.91. The fourth-order valence-electron chi connectivity index (χ4n) is 4.57. The van der Waals surface area contributed by atoms with Crippen molar-refractivity contribution in [2.45, 2.75) is 19.0 Å². The largest absolute Gasteiger partial charge is 0.484 e. The maximum Gasteiger partial charge on any atom is 0.261 e. The molecule has 1 aliphatic rings. The Bertz CT molecular complexity index is 1600. The minimum absolute atomic E-state index is 0.103. The number of aromatic nitrogens is 1. The quantitative estimate of drug-likeness (QED) is 0.250. The van der Waals surface area contributed by atoms with Gasteiger partial charge in [0.1, 0.15) is 17.3 Å². The first-order valence-electron chi connectivity index (χ1n) is 12.4. The van der Waals surface area contributed by atoms with Crippen LogP contribution in [0.1, 0.15) is 11.3 Å². The number of amides is 3. The van der Waals surface area contributed by atoms with Crippen LogP contribution in [0.4, 0.5) is 5.69 Å². The van der Waals surface area contributed by atoms with E-state index in [9.17, 15) is 14.4 Å². The Kier molecular flexibility index (Phi) is 6.64. The Hall–Kier alpha value is -4.76. The van der Waals surface area contributed by atoms with Gasteiger partial charge in [-0.15, -0.1) is 11.3 Å². The third-order valence-electron chi connectivity index (χ3n) is 6.50. The number of benzene rings is 3. The second kappa shape index (κ2) is 10.5. The van der Waals surface area contributed by atoms with Crippen molar-refractivity contribution in [2.75, 3.05) is 11.5 Å². The van der Waals surface area contributed by atoms with Crippen molar-refractivity contribution >= 4 is 45.8 Å². The summed E-state index contributed by atoms with van der Waals surface area (Å²) in [4.78, 5) is 48.0. The zero-order chi connectivity index (χ0) is 26.8. The van der Waals surface area contributed by atoms with Crippen molar-refractivity contribution in [3.8, 4) is 17.2 Å². The molecule has 0 N–H and O–H groups in total. The molecule has 1 fully saturated rings. The van der Waals surface area contributed by atoms with E-state index >= 15 is 0 Å². The lowest BCUT2D eigenvalue weighted by Gasteiger charge is -2.27. The Morgan fingerprint density at radius 1 is 0.974 bits per heavy atom. The summed E-state index contributed by atoms with van der Waals surface area (Å²) < 4.78 is 11.5. The average Bonchev–Trinajstić information content (AvgIpc) is 3.70. The zero-order valence-electron chi connectivity index (χ0n) is 20.7. The Labute approximate surface area is 228 Å². The van der Waals surface area contributed by atoms with E-state index < -0.39 is 11.9 Å². The standard InChI is InChI=1S/C30H23N3O5S/c34-27-17-25(32(18-23-9-6-16-39-23)28(35)19-37-22-7-2-1-3-8-22)30(36)33(27)21-14-12-20(13-15-21)29-31-24-10-4-5-11-26(24)38-29/h1-16,25H,17-19H2. The summed E-state index contributed by atoms with van der Waals surface area (Å²) in [6.45, 7) is -0.0323. The van der Waals surface area contributed by atoms with E-state index in [1.54, 1.807) is 36.4 Å². The fourth-order valence-corrected chi connectivity index (χ4v) is 5.27. The molecule has 8 nitrogen and oxygen atoms in total. The minimum Gasteiger partial charge on any atom is -0.484 e. The fraction of sp³-hybridized carbons (Fsp3) is 0.133. The predicted molar refractivity (Wildman–Crippen MR) is 147 cm³/mol. The predicted octanol–water partition coefficient (Wildman–Crippen LogP) is 5.30. The molecule has 194 valence electrons. The van der Waals surface area contributed by atoms with Gasteiger partial charge in [-0.1, -0.05) is 36.4 Å². The molecule has 3 heterocycles. The highest BCUT2D eigenvalue weighted by atomic mass is 32.1. The number of oxazole rings is 1. The lowest BCUT2D eigenvalue weighted by atomic mass is 10.2. The van der Waals surface area contributed by atoms with E-state index in [0.29, 0.717) is 22.9 Å². The van der Waals surface area contributed by atoms with Gasteiger partial charge in [0.25, 0.3) is 11.8 Å². The number of anilines is 1. The van der Waals surface area contributed by atoms with Crippen LogP contribution in [0.15, 0.2) is 101 Å². The van der Waals surface area contributed by atoms with Crippen molar-refractivity contribution in [2.24, 2.45) is 0 Å². The maximum atomic E-state index is 13.6. The van der Waals surface area contributed by atoms with E-state index in [4.69, 9.17) is 9.15 Å². The van der Waals surface area contributed by atoms with Gasteiger partial charge in [0.2, 0.25) is 11.8 Å². The van der Waals surface area contributed by atoms with Gasteiger partial charge in [-0.2, -0.15) is 0 Å². The Morgan fingerprint density at radius 2 is 1.74 bits per heavy atom. The lowest BCUT2D eigenvalue weighted by Crippen LogP contribution is -2.46. The molecule has 1 unspecified atom stereocenters. The molecular formula is C30H23N3O5S. The van der Waals surface area contributed by atoms with Gasteiger partial charge in [-0.3, -0.25) is 14.4 Å². The number of rotatable bonds is 8. The van der Waals surface area contributed by atoms with E-state index in [1.807, 2.05) is 60.0 Å². The van der Waals surface area contributed by atoms with Gasteiger partial charge in [0.15, 0.2) is 12.2 Å². The number of nitrogens with zero attached hydrogens (tertiary/aromatic N) is 3. The Morgan fingerprint density at radius 3 is 2.49 bits per heavy atom. The first-order valence-corrected chi connectivity index (χ1v) is 13.3. The number of ether oxygens (including phenoxy) is 1. The number of para-hydroxylation sites is 3. The summed E-state index contributed by atoms with van der Waals surface area (Å²) in [5.41, 5.74) is 2.57. The molecular weight excluding hydrogens is 514 g/mol. The number of carbonyl (C=O) groups is 3. The molecule has 2 aromatic heterocycles. The van der Waals surface area contributed by atoms with Crippen LogP contribution >= 0.6 is 11.3 Å². The highest BCUT2D eigenvalue weighted by Crippen LogP contribution is 2.30. The summed E-state index contributed by atoms with van der Waals surface area (Å²) in [6.07, 6.45) is -0.103. The highest BCUT2D eigenvalue weighted by molar-refractivity contribution is 7.09. The molecule has 3 amide bonds. The first kappa shape index (κ1) is 24.6. The van der Waals surface area contributed by atoms with Gasteiger partial charge < -0.3 is 14.1 Å². The highest BCUT2D eigenvalue weighted by Gasteiger charge is 2.44. The SMILES string of the molecule is O=C1CC(N(Cc2cccs2)C(=O)COc2ccccc2)C(=O)N1c1ccc(-c2nc3ccccc3o2)cc1. The smallest absolute Gasteiger partial charge is 0.261 e. The monoisotopic (exact) mass is 537 g/mol. The number of fused-ring (bicyclic) bond motifs is 1. The van der Waals surface area contributed by atoms with Crippen LogP contribution in [-0.2, 0) is 20.9 Å². The van der Waals surface area contributed by atoms with Gasteiger partial charge in [-0.05, 0) is 60.0 Å². The molecule has 39 heavy (non-hydrogen) atoms. The van der Waals surface area contributed by atoms with Crippen LogP contribution in [0.2, 0.25) is 0 Å². The van der Waals surface area contributed by atoms with Crippen molar-refractivity contribution < 1.29 is 23.5 Å². The van der Waals surface area contributed by atoms with Crippen molar-refractivity contribution in [1.29, 1.82) is 0 Å². The summed E-state index contributed by atoms with van der Waals surface area (Å²) >= 11 is 1.48. The maximum absolute atomic E-state index is 13.6.